The van der Waals surface area contributed by atoms with Gasteiger partial charge in [-0.25, -0.2) is 0 Å². The quantitative estimate of drug-likeness (QED) is 0.867. The molecule has 2 aromatic rings. The maximum absolute atomic E-state index is 5.30. The second-order valence-corrected chi connectivity index (χ2v) is 5.26. The molecule has 0 radical (unpaired) electrons. The molecule has 0 aliphatic carbocycles. The molecule has 18 heavy (non-hydrogen) atoms. The lowest BCUT2D eigenvalue weighted by atomic mass is 10.2. The van der Waals surface area contributed by atoms with Crippen LogP contribution in [0, 0.1) is 6.92 Å². The van der Waals surface area contributed by atoms with Crippen LogP contribution in [0.4, 0.5) is 0 Å². The van der Waals surface area contributed by atoms with Gasteiger partial charge in [0, 0.05) is 0 Å². The Labute approximate surface area is 111 Å². The topological polar surface area (TPSA) is 51.0 Å². The van der Waals surface area contributed by atoms with E-state index in [1.54, 1.807) is 17.6 Å². The smallest absolute Gasteiger partial charge is 0.151 e. The van der Waals surface area contributed by atoms with Crippen LogP contribution < -0.4 is 5.32 Å². The van der Waals surface area contributed by atoms with Crippen molar-refractivity contribution in [3.8, 4) is 10.6 Å². The number of hydrogen-bond donors (Lipinski definition) is 1. The number of hydrogen-bond acceptors (Lipinski definition) is 5. The van der Waals surface area contributed by atoms with Crippen LogP contribution in [0.25, 0.3) is 10.6 Å². The molecule has 0 fully saturated rings. The largest absolute Gasteiger partial charge is 0.469 e. The van der Waals surface area contributed by atoms with Crippen LogP contribution in [0.2, 0.25) is 0 Å². The van der Waals surface area contributed by atoms with Gasteiger partial charge in [0.2, 0.25) is 0 Å². The Bertz CT molecular complexity index is 492. The van der Waals surface area contributed by atoms with E-state index in [1.165, 1.54) is 0 Å². The van der Waals surface area contributed by atoms with Gasteiger partial charge in [-0.1, -0.05) is 25.2 Å². The molecule has 2 aromatic heterocycles. The zero-order valence-electron chi connectivity index (χ0n) is 11.1. The molecule has 1 atom stereocenters. The van der Waals surface area contributed by atoms with Crippen LogP contribution in [-0.4, -0.2) is 16.7 Å². The minimum absolute atomic E-state index is 0.309. The highest BCUT2D eigenvalue weighted by Crippen LogP contribution is 2.30. The highest BCUT2D eigenvalue weighted by atomic mass is 32.1. The Morgan fingerprint density at radius 1 is 1.39 bits per heavy atom. The fourth-order valence-electron chi connectivity index (χ4n) is 1.82. The van der Waals surface area contributed by atoms with Gasteiger partial charge in [0.15, 0.2) is 5.01 Å². The van der Waals surface area contributed by atoms with Gasteiger partial charge in [0.05, 0.1) is 17.9 Å². The Morgan fingerprint density at radius 2 is 2.22 bits per heavy atom. The molecule has 0 spiro atoms. The van der Waals surface area contributed by atoms with E-state index in [-0.39, 0.29) is 0 Å². The summed E-state index contributed by atoms with van der Waals surface area (Å²) in [7, 11) is 0. The van der Waals surface area contributed by atoms with Crippen LogP contribution in [0.5, 0.6) is 0 Å². The van der Waals surface area contributed by atoms with Gasteiger partial charge >= 0.3 is 0 Å². The minimum atomic E-state index is 0.309. The predicted octanol–water partition coefficient (Wildman–Crippen LogP) is 3.56. The first-order valence-electron chi connectivity index (χ1n) is 6.37. The average Bonchev–Trinajstić information content (AvgIpc) is 2.99. The minimum Gasteiger partial charge on any atom is -0.469 e. The molecule has 0 amide bonds. The molecule has 98 valence electrons. The van der Waals surface area contributed by atoms with Crippen molar-refractivity contribution >= 4 is 11.3 Å². The molecule has 0 saturated heterocycles. The van der Waals surface area contributed by atoms with Crippen LogP contribution in [-0.2, 0) is 0 Å². The number of aryl methyl sites for hydroxylation is 1. The SMILES string of the molecule is CCCNC(CC)c1nnc(-c2ccoc2C)s1. The monoisotopic (exact) mass is 265 g/mol. The number of aromatic nitrogens is 2. The third-order valence-electron chi connectivity index (χ3n) is 2.88. The van der Waals surface area contributed by atoms with Gasteiger partial charge in [0.1, 0.15) is 10.8 Å². The molecule has 0 aliphatic heterocycles. The molecule has 0 aliphatic rings. The molecular formula is C13H19N3OS. The van der Waals surface area contributed by atoms with Crippen molar-refractivity contribution in [2.75, 3.05) is 6.54 Å². The Kier molecular flexibility index (Phi) is 4.49. The molecule has 2 heterocycles. The Hall–Kier alpha value is -1.20. The molecule has 0 aromatic carbocycles. The summed E-state index contributed by atoms with van der Waals surface area (Å²) in [6.07, 6.45) is 3.85. The lowest BCUT2D eigenvalue weighted by molar-refractivity contribution is 0.513. The fourth-order valence-corrected chi connectivity index (χ4v) is 2.89. The molecule has 2 rings (SSSR count). The van der Waals surface area contributed by atoms with E-state index in [0.29, 0.717) is 6.04 Å². The summed E-state index contributed by atoms with van der Waals surface area (Å²) in [6, 6.07) is 2.25. The summed E-state index contributed by atoms with van der Waals surface area (Å²) in [6.45, 7) is 7.29. The van der Waals surface area contributed by atoms with Gasteiger partial charge in [-0.3, -0.25) is 0 Å². The lowest BCUT2D eigenvalue weighted by Crippen LogP contribution is -2.21. The van der Waals surface area contributed by atoms with Gasteiger partial charge < -0.3 is 9.73 Å². The molecule has 0 saturated carbocycles. The standard InChI is InChI=1S/C13H19N3OS/c1-4-7-14-11(5-2)13-16-15-12(18-13)10-6-8-17-9(10)3/h6,8,11,14H,4-5,7H2,1-3H3. The lowest BCUT2D eigenvalue weighted by Gasteiger charge is -2.12. The average molecular weight is 265 g/mol. The number of furan rings is 1. The van der Waals surface area contributed by atoms with Crippen molar-refractivity contribution in [2.24, 2.45) is 0 Å². The Balaban J connectivity index is 2.16. The molecule has 4 nitrogen and oxygen atoms in total. The normalized spacial score (nSPS) is 12.8. The van der Waals surface area contributed by atoms with Gasteiger partial charge in [0.25, 0.3) is 0 Å². The summed E-state index contributed by atoms with van der Waals surface area (Å²) in [5.74, 6) is 0.896. The maximum atomic E-state index is 5.30. The van der Waals surface area contributed by atoms with Crippen LogP contribution in [0.15, 0.2) is 16.7 Å². The van der Waals surface area contributed by atoms with Crippen molar-refractivity contribution in [1.82, 2.24) is 15.5 Å². The Morgan fingerprint density at radius 3 is 2.83 bits per heavy atom. The van der Waals surface area contributed by atoms with Crippen molar-refractivity contribution < 1.29 is 4.42 Å². The van der Waals surface area contributed by atoms with E-state index >= 15 is 0 Å². The van der Waals surface area contributed by atoms with Crippen molar-refractivity contribution in [1.29, 1.82) is 0 Å². The van der Waals surface area contributed by atoms with Crippen molar-refractivity contribution in [3.63, 3.8) is 0 Å². The van der Waals surface area contributed by atoms with E-state index in [1.807, 2.05) is 13.0 Å². The molecule has 1 unspecified atom stereocenters. The third kappa shape index (κ3) is 2.79. The molecule has 0 bridgehead atoms. The summed E-state index contributed by atoms with van der Waals surface area (Å²) in [4.78, 5) is 0. The van der Waals surface area contributed by atoms with Crippen LogP contribution >= 0.6 is 11.3 Å². The van der Waals surface area contributed by atoms with Gasteiger partial charge in [-0.05, 0) is 32.4 Å². The molecular weight excluding hydrogens is 246 g/mol. The summed E-state index contributed by atoms with van der Waals surface area (Å²) in [5, 5.41) is 14.1. The fraction of sp³-hybridized carbons (Fsp3) is 0.538. The van der Waals surface area contributed by atoms with E-state index in [2.05, 4.69) is 29.4 Å². The van der Waals surface area contributed by atoms with Crippen molar-refractivity contribution in [2.45, 2.75) is 39.7 Å². The number of rotatable bonds is 6. The first-order valence-corrected chi connectivity index (χ1v) is 7.19. The van der Waals surface area contributed by atoms with E-state index < -0.39 is 0 Å². The van der Waals surface area contributed by atoms with Gasteiger partial charge in [-0.2, -0.15) is 0 Å². The molecule has 1 N–H and O–H groups in total. The summed E-state index contributed by atoms with van der Waals surface area (Å²) >= 11 is 1.64. The highest BCUT2D eigenvalue weighted by Gasteiger charge is 2.16. The maximum Gasteiger partial charge on any atom is 0.151 e. The second-order valence-electron chi connectivity index (χ2n) is 4.25. The van der Waals surface area contributed by atoms with Crippen LogP contribution in [0.3, 0.4) is 0 Å². The second kappa shape index (κ2) is 6.11. The van der Waals surface area contributed by atoms with E-state index in [4.69, 9.17) is 4.42 Å². The molecule has 5 heteroatoms. The number of nitrogens with one attached hydrogen (secondary N) is 1. The first-order chi connectivity index (χ1) is 8.76. The predicted molar refractivity (Wildman–Crippen MR) is 73.7 cm³/mol. The van der Waals surface area contributed by atoms with Gasteiger partial charge in [-0.15, -0.1) is 10.2 Å². The first kappa shape index (κ1) is 13.2. The van der Waals surface area contributed by atoms with Crippen LogP contribution in [0.1, 0.15) is 43.5 Å². The zero-order chi connectivity index (χ0) is 13.0. The third-order valence-corrected chi connectivity index (χ3v) is 3.95. The van der Waals surface area contributed by atoms with Crippen molar-refractivity contribution in [3.05, 3.63) is 23.1 Å². The summed E-state index contributed by atoms with van der Waals surface area (Å²) in [5.41, 5.74) is 1.05. The number of nitrogens with zero attached hydrogens (tertiary/aromatic N) is 2. The van der Waals surface area contributed by atoms with E-state index in [0.717, 1.165) is 40.7 Å². The zero-order valence-corrected chi connectivity index (χ0v) is 11.9. The van der Waals surface area contributed by atoms with E-state index in [9.17, 15) is 0 Å². The summed E-state index contributed by atoms with van der Waals surface area (Å²) < 4.78 is 5.30. The highest BCUT2D eigenvalue weighted by molar-refractivity contribution is 7.14.